The van der Waals surface area contributed by atoms with Crippen LogP contribution in [0.5, 0.6) is 0 Å². The molecule has 0 spiro atoms. The summed E-state index contributed by atoms with van der Waals surface area (Å²) in [6.45, 7) is 4.08. The van der Waals surface area contributed by atoms with Gasteiger partial charge in [0.1, 0.15) is 6.04 Å². The van der Waals surface area contributed by atoms with Gasteiger partial charge in [-0.2, -0.15) is 0 Å². The number of amides is 2. The zero-order chi connectivity index (χ0) is 11.5. The van der Waals surface area contributed by atoms with Gasteiger partial charge in [-0.1, -0.05) is 0 Å². The van der Waals surface area contributed by atoms with E-state index in [2.05, 4.69) is 5.32 Å². The number of carbonyl (C=O) groups excluding carboxylic acids is 2. The van der Waals surface area contributed by atoms with Crippen molar-refractivity contribution >= 4 is 11.8 Å². The van der Waals surface area contributed by atoms with Crippen LogP contribution in [0.25, 0.3) is 0 Å². The van der Waals surface area contributed by atoms with Gasteiger partial charge >= 0.3 is 0 Å². The molecule has 0 aromatic carbocycles. The van der Waals surface area contributed by atoms with Gasteiger partial charge in [0.15, 0.2) is 0 Å². The third-order valence-electron chi connectivity index (χ3n) is 3.29. The lowest BCUT2D eigenvalue weighted by Crippen LogP contribution is -2.58. The zero-order valence-corrected chi connectivity index (χ0v) is 9.57. The molecule has 0 aromatic rings. The first-order valence-corrected chi connectivity index (χ1v) is 5.83. The number of nitrogens with zero attached hydrogens (tertiary/aromatic N) is 1. The Kier molecular flexibility index (Phi) is 3.43. The minimum atomic E-state index is -0.344. The van der Waals surface area contributed by atoms with Gasteiger partial charge in [-0.25, -0.2) is 0 Å². The number of nitrogens with one attached hydrogen (secondary N) is 1. The van der Waals surface area contributed by atoms with Crippen LogP contribution in [0.4, 0.5) is 0 Å². The molecule has 2 aliphatic rings. The lowest BCUT2D eigenvalue weighted by atomic mass is 10.0. The second-order valence-electron chi connectivity index (χ2n) is 4.52. The minimum absolute atomic E-state index is 0.0117. The highest BCUT2D eigenvalue weighted by Crippen LogP contribution is 2.17. The maximum Gasteiger partial charge on any atom is 0.242 e. The summed E-state index contributed by atoms with van der Waals surface area (Å²) in [7, 11) is 0. The Balaban J connectivity index is 1.95. The number of carbonyl (C=O) groups is 2. The fourth-order valence-corrected chi connectivity index (χ4v) is 2.26. The molecule has 16 heavy (non-hydrogen) atoms. The Hall–Kier alpha value is -1.10. The number of hydrogen-bond acceptors (Lipinski definition) is 3. The Morgan fingerprint density at radius 2 is 2.31 bits per heavy atom. The van der Waals surface area contributed by atoms with E-state index in [1.54, 1.807) is 11.8 Å². The highest BCUT2D eigenvalue weighted by Gasteiger charge is 2.32. The van der Waals surface area contributed by atoms with Crippen LogP contribution < -0.4 is 5.32 Å². The number of hydrogen-bond donors (Lipinski definition) is 1. The minimum Gasteiger partial charge on any atom is -0.381 e. The van der Waals surface area contributed by atoms with Crippen molar-refractivity contribution in [3.05, 3.63) is 0 Å². The maximum absolute atomic E-state index is 11.7. The van der Waals surface area contributed by atoms with Crippen molar-refractivity contribution in [2.75, 3.05) is 26.3 Å². The molecule has 5 heteroatoms. The predicted octanol–water partition coefficient (Wildman–Crippen LogP) is -0.240. The Morgan fingerprint density at radius 3 is 3.00 bits per heavy atom. The first kappa shape index (κ1) is 11.4. The summed E-state index contributed by atoms with van der Waals surface area (Å²) >= 11 is 0. The number of rotatable bonds is 2. The van der Waals surface area contributed by atoms with Crippen LogP contribution in [0.2, 0.25) is 0 Å². The van der Waals surface area contributed by atoms with Crippen LogP contribution in [0.1, 0.15) is 19.8 Å². The van der Waals surface area contributed by atoms with Crippen LogP contribution in [-0.4, -0.2) is 49.1 Å². The molecule has 2 heterocycles. The summed E-state index contributed by atoms with van der Waals surface area (Å²) in [4.78, 5) is 24.8. The van der Waals surface area contributed by atoms with E-state index >= 15 is 0 Å². The summed E-state index contributed by atoms with van der Waals surface area (Å²) in [5.41, 5.74) is 0. The summed E-state index contributed by atoms with van der Waals surface area (Å²) < 4.78 is 5.38. The average molecular weight is 226 g/mol. The third-order valence-corrected chi connectivity index (χ3v) is 3.29. The highest BCUT2D eigenvalue weighted by molar-refractivity contribution is 5.94. The van der Waals surface area contributed by atoms with E-state index in [0.29, 0.717) is 19.1 Å². The van der Waals surface area contributed by atoms with Crippen molar-refractivity contribution in [3.8, 4) is 0 Å². The number of ether oxygens (including phenoxy) is 1. The Bertz CT molecular complexity index is 287. The number of piperazine rings is 1. The molecular formula is C11H18N2O3. The van der Waals surface area contributed by atoms with Crippen molar-refractivity contribution in [1.29, 1.82) is 0 Å². The first-order chi connectivity index (χ1) is 7.68. The molecule has 0 aromatic heterocycles. The van der Waals surface area contributed by atoms with E-state index < -0.39 is 0 Å². The SMILES string of the molecule is CC1C(=O)NCC(=O)N1CC1CCCOC1. The van der Waals surface area contributed by atoms with E-state index in [-0.39, 0.29) is 24.4 Å². The van der Waals surface area contributed by atoms with E-state index in [1.165, 1.54) is 0 Å². The largest absolute Gasteiger partial charge is 0.381 e. The molecule has 0 saturated carbocycles. The maximum atomic E-state index is 11.7. The molecule has 0 radical (unpaired) electrons. The van der Waals surface area contributed by atoms with Crippen molar-refractivity contribution in [1.82, 2.24) is 10.2 Å². The molecule has 1 N–H and O–H groups in total. The second-order valence-corrected chi connectivity index (χ2v) is 4.52. The molecule has 0 bridgehead atoms. The van der Waals surface area contributed by atoms with Gasteiger partial charge in [0, 0.05) is 13.2 Å². The summed E-state index contributed by atoms with van der Waals surface area (Å²) in [5.74, 6) is 0.333. The fourth-order valence-electron chi connectivity index (χ4n) is 2.26. The van der Waals surface area contributed by atoms with Crippen LogP contribution in [0.3, 0.4) is 0 Å². The third kappa shape index (κ3) is 2.35. The molecule has 2 unspecified atom stereocenters. The van der Waals surface area contributed by atoms with Gasteiger partial charge in [-0.3, -0.25) is 9.59 Å². The molecule has 2 amide bonds. The molecule has 0 aliphatic carbocycles. The van der Waals surface area contributed by atoms with Gasteiger partial charge in [0.2, 0.25) is 11.8 Å². The predicted molar refractivity (Wildman–Crippen MR) is 57.7 cm³/mol. The lowest BCUT2D eigenvalue weighted by molar-refractivity contribution is -0.146. The average Bonchev–Trinajstić information content (AvgIpc) is 2.31. The standard InChI is InChI=1S/C11H18N2O3/c1-8-11(15)12-5-10(14)13(8)6-9-3-2-4-16-7-9/h8-9H,2-7H2,1H3,(H,12,15). The molecule has 90 valence electrons. The molecule has 2 rings (SSSR count). The van der Waals surface area contributed by atoms with Crippen LogP contribution in [0.15, 0.2) is 0 Å². The first-order valence-electron chi connectivity index (χ1n) is 5.83. The van der Waals surface area contributed by atoms with Crippen LogP contribution in [-0.2, 0) is 14.3 Å². The topological polar surface area (TPSA) is 58.6 Å². The van der Waals surface area contributed by atoms with Gasteiger partial charge in [-0.05, 0) is 25.7 Å². The molecule has 2 fully saturated rings. The summed E-state index contributed by atoms with van der Waals surface area (Å²) in [6.07, 6.45) is 2.13. The van der Waals surface area contributed by atoms with Crippen molar-refractivity contribution in [2.24, 2.45) is 5.92 Å². The van der Waals surface area contributed by atoms with E-state index in [0.717, 1.165) is 19.4 Å². The van der Waals surface area contributed by atoms with Crippen molar-refractivity contribution < 1.29 is 14.3 Å². The molecule has 2 atom stereocenters. The molecular weight excluding hydrogens is 208 g/mol. The van der Waals surface area contributed by atoms with E-state index in [4.69, 9.17) is 4.74 Å². The normalized spacial score (nSPS) is 31.4. The molecule has 5 nitrogen and oxygen atoms in total. The van der Waals surface area contributed by atoms with Gasteiger partial charge in [0.25, 0.3) is 0 Å². The van der Waals surface area contributed by atoms with Crippen molar-refractivity contribution in [2.45, 2.75) is 25.8 Å². The van der Waals surface area contributed by atoms with Crippen LogP contribution >= 0.6 is 0 Å². The Labute approximate surface area is 95.1 Å². The summed E-state index contributed by atoms with van der Waals surface area (Å²) in [6, 6.07) is -0.344. The Morgan fingerprint density at radius 1 is 1.50 bits per heavy atom. The molecule has 2 saturated heterocycles. The smallest absolute Gasteiger partial charge is 0.242 e. The van der Waals surface area contributed by atoms with Gasteiger partial charge < -0.3 is 15.0 Å². The van der Waals surface area contributed by atoms with Crippen LogP contribution in [0, 0.1) is 5.92 Å². The zero-order valence-electron chi connectivity index (χ0n) is 9.57. The lowest BCUT2D eigenvalue weighted by Gasteiger charge is -2.36. The fraction of sp³-hybridized carbons (Fsp3) is 0.818. The van der Waals surface area contributed by atoms with Gasteiger partial charge in [-0.15, -0.1) is 0 Å². The monoisotopic (exact) mass is 226 g/mol. The van der Waals surface area contributed by atoms with E-state index in [9.17, 15) is 9.59 Å². The quantitative estimate of drug-likeness (QED) is 0.707. The summed E-state index contributed by atoms with van der Waals surface area (Å²) in [5, 5.41) is 2.59. The van der Waals surface area contributed by atoms with Gasteiger partial charge in [0.05, 0.1) is 13.2 Å². The molecule has 2 aliphatic heterocycles. The van der Waals surface area contributed by atoms with Crippen molar-refractivity contribution in [3.63, 3.8) is 0 Å². The van der Waals surface area contributed by atoms with E-state index in [1.807, 2.05) is 0 Å². The second kappa shape index (κ2) is 4.82. The highest BCUT2D eigenvalue weighted by atomic mass is 16.5.